The lowest BCUT2D eigenvalue weighted by Crippen LogP contribution is -2.16. The molecule has 170 valence electrons. The summed E-state index contributed by atoms with van der Waals surface area (Å²) in [5.41, 5.74) is 1.72. The molecule has 3 aromatic carbocycles. The van der Waals surface area contributed by atoms with Crippen LogP contribution in [0.3, 0.4) is 0 Å². The highest BCUT2D eigenvalue weighted by atomic mass is 32.2. The minimum Gasteiger partial charge on any atom is -0.497 e. The van der Waals surface area contributed by atoms with Crippen molar-refractivity contribution in [2.24, 2.45) is 0 Å². The molecule has 0 bridgehead atoms. The number of fused-ring (bicyclic) bond motifs is 1. The lowest BCUT2D eigenvalue weighted by Gasteiger charge is -2.15. The van der Waals surface area contributed by atoms with Crippen LogP contribution in [0.4, 0.5) is 17.3 Å². The first kappa shape index (κ1) is 22.2. The number of sulfonamides is 1. The average Bonchev–Trinajstić information content (AvgIpc) is 2.84. The van der Waals surface area contributed by atoms with Gasteiger partial charge in [-0.15, -0.1) is 0 Å². The molecule has 1 heterocycles. The van der Waals surface area contributed by atoms with Gasteiger partial charge in [-0.2, -0.15) is 0 Å². The van der Waals surface area contributed by atoms with Crippen LogP contribution in [0.5, 0.6) is 17.2 Å². The molecule has 9 nitrogen and oxygen atoms in total. The molecule has 0 saturated heterocycles. The van der Waals surface area contributed by atoms with E-state index in [-0.39, 0.29) is 16.5 Å². The van der Waals surface area contributed by atoms with Gasteiger partial charge < -0.3 is 19.5 Å². The third kappa shape index (κ3) is 4.90. The van der Waals surface area contributed by atoms with Crippen LogP contribution in [0, 0.1) is 0 Å². The molecule has 0 spiro atoms. The Morgan fingerprint density at radius 2 is 1.24 bits per heavy atom. The van der Waals surface area contributed by atoms with Crippen molar-refractivity contribution in [2.45, 2.75) is 4.90 Å². The van der Waals surface area contributed by atoms with Crippen molar-refractivity contribution < 1.29 is 22.6 Å². The molecule has 0 fully saturated rings. The van der Waals surface area contributed by atoms with Crippen LogP contribution in [-0.2, 0) is 10.0 Å². The maximum absolute atomic E-state index is 13.1. The number of ether oxygens (including phenoxy) is 3. The smallest absolute Gasteiger partial charge is 0.263 e. The standard InChI is InChI=1S/C23H22N4O5S/c1-30-16-8-10-19(11-9-16)33(28,29)27-23-22(25-20-6-4-5-7-21(20)26-23)24-15-12-17(31-2)14-18(13-15)32-3/h4-14H,1-3H3,(H,24,25)(H,26,27). The predicted octanol–water partition coefficient (Wildman–Crippen LogP) is 4.20. The van der Waals surface area contributed by atoms with Gasteiger partial charge in [-0.3, -0.25) is 4.72 Å². The zero-order valence-electron chi connectivity index (χ0n) is 18.2. The Morgan fingerprint density at radius 3 is 1.79 bits per heavy atom. The van der Waals surface area contributed by atoms with Gasteiger partial charge in [-0.05, 0) is 36.4 Å². The Bertz CT molecular complexity index is 1370. The van der Waals surface area contributed by atoms with Crippen LogP contribution < -0.4 is 24.2 Å². The van der Waals surface area contributed by atoms with E-state index in [2.05, 4.69) is 20.0 Å². The summed E-state index contributed by atoms with van der Waals surface area (Å²) in [5, 5.41) is 3.13. The highest BCUT2D eigenvalue weighted by Gasteiger charge is 2.19. The summed E-state index contributed by atoms with van der Waals surface area (Å²) < 4.78 is 44.4. The molecule has 0 atom stereocenters. The fourth-order valence-corrected chi connectivity index (χ4v) is 4.12. The number of anilines is 3. The maximum Gasteiger partial charge on any atom is 0.263 e. The summed E-state index contributed by atoms with van der Waals surface area (Å²) in [6.07, 6.45) is 0. The molecular formula is C23H22N4O5S. The van der Waals surface area contributed by atoms with Gasteiger partial charge >= 0.3 is 0 Å². The van der Waals surface area contributed by atoms with Crippen LogP contribution in [-0.4, -0.2) is 39.7 Å². The molecule has 2 N–H and O–H groups in total. The molecule has 10 heteroatoms. The summed E-state index contributed by atoms with van der Waals surface area (Å²) in [7, 11) is 0.656. The van der Waals surface area contributed by atoms with E-state index in [9.17, 15) is 8.42 Å². The van der Waals surface area contributed by atoms with E-state index in [1.54, 1.807) is 62.8 Å². The van der Waals surface area contributed by atoms with Crippen LogP contribution in [0.2, 0.25) is 0 Å². The quantitative estimate of drug-likeness (QED) is 0.397. The molecule has 1 aromatic heterocycles. The van der Waals surface area contributed by atoms with Gasteiger partial charge in [0.1, 0.15) is 17.2 Å². The van der Waals surface area contributed by atoms with Crippen LogP contribution in [0.15, 0.2) is 71.6 Å². The SMILES string of the molecule is COc1ccc(S(=O)(=O)Nc2nc3ccccc3nc2Nc2cc(OC)cc(OC)c2)cc1. The Morgan fingerprint density at radius 1 is 0.697 bits per heavy atom. The van der Waals surface area contributed by atoms with Crippen molar-refractivity contribution in [3.05, 3.63) is 66.7 Å². The normalized spacial score (nSPS) is 11.1. The Hall–Kier alpha value is -4.05. The molecule has 0 unspecified atom stereocenters. The number of nitrogens with one attached hydrogen (secondary N) is 2. The van der Waals surface area contributed by atoms with Gasteiger partial charge in [0, 0.05) is 23.9 Å². The number of rotatable bonds is 8. The van der Waals surface area contributed by atoms with Crippen molar-refractivity contribution in [3.8, 4) is 17.2 Å². The lowest BCUT2D eigenvalue weighted by molar-refractivity contribution is 0.395. The molecule has 4 rings (SSSR count). The molecule has 0 amide bonds. The molecular weight excluding hydrogens is 444 g/mol. The van der Waals surface area contributed by atoms with E-state index in [1.807, 2.05) is 6.07 Å². The number of nitrogens with zero attached hydrogens (tertiary/aromatic N) is 2. The predicted molar refractivity (Wildman–Crippen MR) is 126 cm³/mol. The average molecular weight is 467 g/mol. The van der Waals surface area contributed by atoms with E-state index in [1.165, 1.54) is 19.2 Å². The van der Waals surface area contributed by atoms with Crippen molar-refractivity contribution in [3.63, 3.8) is 0 Å². The van der Waals surface area contributed by atoms with Crippen LogP contribution in [0.1, 0.15) is 0 Å². The minimum atomic E-state index is -3.94. The molecule has 0 aliphatic rings. The third-order valence-corrected chi connectivity index (χ3v) is 6.14. The molecule has 0 aliphatic carbocycles. The summed E-state index contributed by atoms with van der Waals surface area (Å²) in [6, 6.07) is 18.4. The first-order chi connectivity index (χ1) is 15.9. The maximum atomic E-state index is 13.1. The largest absolute Gasteiger partial charge is 0.497 e. The summed E-state index contributed by atoms with van der Waals surface area (Å²) in [4.78, 5) is 9.15. The minimum absolute atomic E-state index is 0.0475. The van der Waals surface area contributed by atoms with Gasteiger partial charge in [0.2, 0.25) is 0 Å². The summed E-state index contributed by atoms with van der Waals surface area (Å²) in [5.74, 6) is 1.94. The van der Waals surface area contributed by atoms with Gasteiger partial charge in [-0.25, -0.2) is 18.4 Å². The van der Waals surface area contributed by atoms with Crippen molar-refractivity contribution in [1.29, 1.82) is 0 Å². The first-order valence-electron chi connectivity index (χ1n) is 9.85. The number of hydrogen-bond donors (Lipinski definition) is 2. The van der Waals surface area contributed by atoms with Crippen molar-refractivity contribution >= 4 is 38.4 Å². The fourth-order valence-electron chi connectivity index (χ4n) is 3.12. The van der Waals surface area contributed by atoms with E-state index >= 15 is 0 Å². The van der Waals surface area contributed by atoms with Gasteiger partial charge in [0.25, 0.3) is 10.0 Å². The molecule has 4 aromatic rings. The Labute approximate surface area is 191 Å². The molecule has 0 saturated carbocycles. The van der Waals surface area contributed by atoms with E-state index in [0.717, 1.165) is 0 Å². The zero-order chi connectivity index (χ0) is 23.4. The molecule has 0 radical (unpaired) electrons. The van der Waals surface area contributed by atoms with Gasteiger partial charge in [0.05, 0.1) is 37.3 Å². The Kier molecular flexibility index (Phi) is 6.18. The lowest BCUT2D eigenvalue weighted by atomic mass is 10.2. The highest BCUT2D eigenvalue weighted by Crippen LogP contribution is 2.31. The second-order valence-corrected chi connectivity index (χ2v) is 8.60. The monoisotopic (exact) mass is 466 g/mol. The Balaban J connectivity index is 1.76. The number of methoxy groups -OCH3 is 3. The second-order valence-electron chi connectivity index (χ2n) is 6.92. The van der Waals surface area contributed by atoms with Gasteiger partial charge in [-0.1, -0.05) is 12.1 Å². The summed E-state index contributed by atoms with van der Waals surface area (Å²) >= 11 is 0. The fraction of sp³-hybridized carbons (Fsp3) is 0.130. The van der Waals surface area contributed by atoms with Gasteiger partial charge in [0.15, 0.2) is 11.6 Å². The van der Waals surface area contributed by atoms with Crippen LogP contribution in [0.25, 0.3) is 11.0 Å². The zero-order valence-corrected chi connectivity index (χ0v) is 19.0. The summed E-state index contributed by atoms with van der Waals surface area (Å²) in [6.45, 7) is 0. The topological polar surface area (TPSA) is 112 Å². The number of para-hydroxylation sites is 2. The number of benzene rings is 3. The molecule has 33 heavy (non-hydrogen) atoms. The van der Waals surface area contributed by atoms with Crippen molar-refractivity contribution in [2.75, 3.05) is 31.4 Å². The van der Waals surface area contributed by atoms with E-state index in [4.69, 9.17) is 14.2 Å². The molecule has 0 aliphatic heterocycles. The highest BCUT2D eigenvalue weighted by molar-refractivity contribution is 7.92. The van der Waals surface area contributed by atoms with E-state index < -0.39 is 10.0 Å². The van der Waals surface area contributed by atoms with Crippen LogP contribution >= 0.6 is 0 Å². The second kappa shape index (κ2) is 9.21. The third-order valence-electron chi connectivity index (χ3n) is 4.79. The number of aromatic nitrogens is 2. The first-order valence-corrected chi connectivity index (χ1v) is 11.3. The number of hydrogen-bond acceptors (Lipinski definition) is 8. The van der Waals surface area contributed by atoms with E-state index in [0.29, 0.717) is 34.0 Å². The van der Waals surface area contributed by atoms with Crippen molar-refractivity contribution in [1.82, 2.24) is 9.97 Å².